The van der Waals surface area contributed by atoms with Crippen LogP contribution in [0.25, 0.3) is 0 Å². The van der Waals surface area contributed by atoms with Crippen LogP contribution in [-0.4, -0.2) is 12.0 Å². The molecule has 0 spiro atoms. The second kappa shape index (κ2) is 4.99. The molecule has 0 unspecified atom stereocenters. The molecule has 16 heavy (non-hydrogen) atoms. The summed E-state index contributed by atoms with van der Waals surface area (Å²) >= 11 is 0. The Morgan fingerprint density at radius 3 is 2.75 bits per heavy atom. The fourth-order valence-electron chi connectivity index (χ4n) is 1.33. The highest BCUT2D eigenvalue weighted by molar-refractivity contribution is 5.51. The molecule has 0 aliphatic carbocycles. The molecule has 0 saturated carbocycles. The lowest BCUT2D eigenvalue weighted by Crippen LogP contribution is -1.87. The van der Waals surface area contributed by atoms with Gasteiger partial charge in [0, 0.05) is 24.5 Å². The Balaban J connectivity index is 2.24. The van der Waals surface area contributed by atoms with E-state index in [1.807, 2.05) is 49.5 Å². The number of nitrogens with one attached hydrogen (secondary N) is 1. The molecule has 0 aliphatic heterocycles. The van der Waals surface area contributed by atoms with Gasteiger partial charge < -0.3 is 5.32 Å². The number of nitrogens with zero attached hydrogens (tertiary/aromatic N) is 1. The topological polar surface area (TPSA) is 24.9 Å². The minimum absolute atomic E-state index is 0.789. The first-order valence-corrected chi connectivity index (χ1v) is 5.09. The van der Waals surface area contributed by atoms with Gasteiger partial charge in [-0.05, 0) is 36.3 Å². The van der Waals surface area contributed by atoms with Crippen LogP contribution in [0.1, 0.15) is 11.3 Å². The first kappa shape index (κ1) is 10.3. The summed E-state index contributed by atoms with van der Waals surface area (Å²) in [6.45, 7) is 0. The molecule has 1 aromatic carbocycles. The SMILES string of the molecule is CNc1cccc(C#Cc2ccccn2)c1. The van der Waals surface area contributed by atoms with Gasteiger partial charge in [0.05, 0.1) is 0 Å². The van der Waals surface area contributed by atoms with Crippen LogP contribution in [0.4, 0.5) is 5.69 Å². The molecule has 0 saturated heterocycles. The molecule has 2 heteroatoms. The molecule has 0 amide bonds. The van der Waals surface area contributed by atoms with E-state index in [1.54, 1.807) is 6.20 Å². The Morgan fingerprint density at radius 2 is 2.00 bits per heavy atom. The smallest absolute Gasteiger partial charge is 0.113 e. The van der Waals surface area contributed by atoms with Crippen LogP contribution in [0.3, 0.4) is 0 Å². The Labute approximate surface area is 95.4 Å². The van der Waals surface area contributed by atoms with Gasteiger partial charge in [0.2, 0.25) is 0 Å². The van der Waals surface area contributed by atoms with Gasteiger partial charge in [0.15, 0.2) is 0 Å². The van der Waals surface area contributed by atoms with Crippen LogP contribution in [0, 0.1) is 11.8 Å². The Bertz CT molecular complexity index is 521. The highest BCUT2D eigenvalue weighted by Gasteiger charge is 1.90. The maximum atomic E-state index is 4.15. The summed E-state index contributed by atoms with van der Waals surface area (Å²) in [5.74, 6) is 6.11. The van der Waals surface area contributed by atoms with Crippen LogP contribution in [0.2, 0.25) is 0 Å². The summed E-state index contributed by atoms with van der Waals surface area (Å²) in [6, 6.07) is 13.7. The minimum Gasteiger partial charge on any atom is -0.388 e. The molecule has 0 radical (unpaired) electrons. The van der Waals surface area contributed by atoms with Crippen LogP contribution in [0.15, 0.2) is 48.7 Å². The zero-order valence-electron chi connectivity index (χ0n) is 9.07. The lowest BCUT2D eigenvalue weighted by molar-refractivity contribution is 1.29. The Morgan fingerprint density at radius 1 is 1.06 bits per heavy atom. The molecule has 2 rings (SSSR count). The maximum Gasteiger partial charge on any atom is 0.113 e. The number of hydrogen-bond donors (Lipinski definition) is 1. The van der Waals surface area contributed by atoms with Crippen molar-refractivity contribution in [3.05, 3.63) is 59.9 Å². The second-order valence-electron chi connectivity index (χ2n) is 3.30. The number of pyridine rings is 1. The number of benzene rings is 1. The number of aromatic nitrogens is 1. The highest BCUT2D eigenvalue weighted by Crippen LogP contribution is 2.08. The van der Waals surface area contributed by atoms with E-state index in [1.165, 1.54) is 0 Å². The monoisotopic (exact) mass is 208 g/mol. The van der Waals surface area contributed by atoms with Crippen LogP contribution in [0.5, 0.6) is 0 Å². The van der Waals surface area contributed by atoms with Crippen molar-refractivity contribution in [3.63, 3.8) is 0 Å². The first-order chi connectivity index (χ1) is 7.88. The van der Waals surface area contributed by atoms with Crippen molar-refractivity contribution >= 4 is 5.69 Å². The van der Waals surface area contributed by atoms with Crippen LogP contribution in [-0.2, 0) is 0 Å². The standard InChI is InChI=1S/C14H12N2/c1-15-14-7-4-5-12(11-14)8-9-13-6-2-3-10-16-13/h2-7,10-11,15H,1H3. The molecule has 0 aliphatic rings. The van der Waals surface area contributed by atoms with Gasteiger partial charge in [-0.1, -0.05) is 18.1 Å². The second-order valence-corrected chi connectivity index (χ2v) is 3.30. The maximum absolute atomic E-state index is 4.15. The van der Waals surface area contributed by atoms with E-state index in [2.05, 4.69) is 22.1 Å². The molecular formula is C14H12N2. The zero-order chi connectivity index (χ0) is 11.2. The molecule has 0 atom stereocenters. The van der Waals surface area contributed by atoms with E-state index in [0.29, 0.717) is 0 Å². The van der Waals surface area contributed by atoms with Crippen molar-refractivity contribution in [3.8, 4) is 11.8 Å². The quantitative estimate of drug-likeness (QED) is 0.728. The molecule has 78 valence electrons. The third-order valence-corrected chi connectivity index (χ3v) is 2.15. The minimum atomic E-state index is 0.789. The van der Waals surface area contributed by atoms with E-state index < -0.39 is 0 Å². The number of hydrogen-bond acceptors (Lipinski definition) is 2. The van der Waals surface area contributed by atoms with Crippen molar-refractivity contribution in [2.24, 2.45) is 0 Å². The fourth-order valence-corrected chi connectivity index (χ4v) is 1.33. The predicted octanol–water partition coefficient (Wildman–Crippen LogP) is 2.52. The predicted molar refractivity (Wildman–Crippen MR) is 66.2 cm³/mol. The summed E-state index contributed by atoms with van der Waals surface area (Å²) in [5, 5.41) is 3.08. The zero-order valence-corrected chi connectivity index (χ0v) is 9.07. The average Bonchev–Trinajstić information content (AvgIpc) is 2.38. The number of rotatable bonds is 1. The molecule has 2 nitrogen and oxygen atoms in total. The van der Waals surface area contributed by atoms with Crippen molar-refractivity contribution in [2.75, 3.05) is 12.4 Å². The Kier molecular flexibility index (Phi) is 3.20. The van der Waals surface area contributed by atoms with Crippen molar-refractivity contribution in [2.45, 2.75) is 0 Å². The van der Waals surface area contributed by atoms with Gasteiger partial charge in [-0.25, -0.2) is 4.98 Å². The highest BCUT2D eigenvalue weighted by atomic mass is 14.8. The molecule has 0 fully saturated rings. The summed E-state index contributed by atoms with van der Waals surface area (Å²) < 4.78 is 0. The first-order valence-electron chi connectivity index (χ1n) is 5.09. The lowest BCUT2D eigenvalue weighted by Gasteiger charge is -1.98. The fraction of sp³-hybridized carbons (Fsp3) is 0.0714. The van der Waals surface area contributed by atoms with Gasteiger partial charge in [-0.3, -0.25) is 0 Å². The van der Waals surface area contributed by atoms with Crippen LogP contribution < -0.4 is 5.32 Å². The summed E-state index contributed by atoms with van der Waals surface area (Å²) in [5.41, 5.74) is 2.84. The van der Waals surface area contributed by atoms with E-state index in [4.69, 9.17) is 0 Å². The largest absolute Gasteiger partial charge is 0.388 e. The molecule has 1 aromatic heterocycles. The van der Waals surface area contributed by atoms with Gasteiger partial charge in [0.1, 0.15) is 5.69 Å². The van der Waals surface area contributed by atoms with Gasteiger partial charge in [-0.2, -0.15) is 0 Å². The lowest BCUT2D eigenvalue weighted by atomic mass is 10.2. The van der Waals surface area contributed by atoms with Crippen LogP contribution >= 0.6 is 0 Å². The van der Waals surface area contributed by atoms with E-state index in [9.17, 15) is 0 Å². The van der Waals surface area contributed by atoms with Gasteiger partial charge in [-0.15, -0.1) is 0 Å². The van der Waals surface area contributed by atoms with E-state index in [-0.39, 0.29) is 0 Å². The van der Waals surface area contributed by atoms with Crippen molar-refractivity contribution in [1.29, 1.82) is 0 Å². The van der Waals surface area contributed by atoms with Gasteiger partial charge in [0.25, 0.3) is 0 Å². The van der Waals surface area contributed by atoms with E-state index in [0.717, 1.165) is 16.9 Å². The van der Waals surface area contributed by atoms with E-state index >= 15 is 0 Å². The normalized spacial score (nSPS) is 9.06. The molecule has 2 aromatic rings. The average molecular weight is 208 g/mol. The van der Waals surface area contributed by atoms with Gasteiger partial charge >= 0.3 is 0 Å². The molecule has 1 heterocycles. The summed E-state index contributed by atoms with van der Waals surface area (Å²) in [6.07, 6.45) is 1.74. The summed E-state index contributed by atoms with van der Waals surface area (Å²) in [7, 11) is 1.89. The number of anilines is 1. The third-order valence-electron chi connectivity index (χ3n) is 2.15. The summed E-state index contributed by atoms with van der Waals surface area (Å²) in [4.78, 5) is 4.15. The third kappa shape index (κ3) is 2.61. The molecular weight excluding hydrogens is 196 g/mol. The van der Waals surface area contributed by atoms with Crippen molar-refractivity contribution < 1.29 is 0 Å². The van der Waals surface area contributed by atoms with Crippen molar-refractivity contribution in [1.82, 2.24) is 4.98 Å². The Hall–Kier alpha value is -2.27. The molecule has 0 bridgehead atoms. The molecule has 1 N–H and O–H groups in total.